The molecule has 5 heteroatoms. The second-order valence-corrected chi connectivity index (χ2v) is 6.17. The van der Waals surface area contributed by atoms with E-state index in [1.165, 1.54) is 0 Å². The van der Waals surface area contributed by atoms with Gasteiger partial charge in [0.05, 0.1) is 33.5 Å². The van der Waals surface area contributed by atoms with E-state index < -0.39 is 0 Å². The van der Waals surface area contributed by atoms with Gasteiger partial charge >= 0.3 is 0 Å². The van der Waals surface area contributed by atoms with Gasteiger partial charge < -0.3 is 18.9 Å². The maximum atomic E-state index is 5.70. The summed E-state index contributed by atoms with van der Waals surface area (Å²) < 4.78 is 22.1. The van der Waals surface area contributed by atoms with Gasteiger partial charge in [-0.25, -0.2) is 0 Å². The van der Waals surface area contributed by atoms with Crippen LogP contribution in [0.2, 0.25) is 0 Å². The highest BCUT2D eigenvalue weighted by Crippen LogP contribution is 2.39. The maximum Gasteiger partial charge on any atom is 0.161 e. The minimum atomic E-state index is 0.583. The van der Waals surface area contributed by atoms with Crippen molar-refractivity contribution >= 4 is 32.4 Å². The highest BCUT2D eigenvalue weighted by molar-refractivity contribution is 6.16. The molecule has 4 aromatic rings. The van der Waals surface area contributed by atoms with Crippen LogP contribution < -0.4 is 18.9 Å². The lowest BCUT2D eigenvalue weighted by atomic mass is 10.0. The van der Waals surface area contributed by atoms with Crippen molar-refractivity contribution in [2.75, 3.05) is 27.9 Å². The number of aromatic nitrogens is 1. The molecule has 1 aromatic heterocycles. The van der Waals surface area contributed by atoms with E-state index >= 15 is 0 Å². The Morgan fingerprint density at radius 2 is 1.33 bits per heavy atom. The molecule has 1 heterocycles. The van der Waals surface area contributed by atoms with Gasteiger partial charge in [-0.15, -0.1) is 0 Å². The molecule has 0 fully saturated rings. The molecular weight excluding hydrogens is 342 g/mol. The third kappa shape index (κ3) is 2.76. The van der Waals surface area contributed by atoms with Crippen molar-refractivity contribution in [2.45, 2.75) is 6.92 Å². The zero-order valence-corrected chi connectivity index (χ0v) is 15.8. The average molecular weight is 363 g/mol. The van der Waals surface area contributed by atoms with Crippen LogP contribution in [0, 0.1) is 0 Å². The van der Waals surface area contributed by atoms with E-state index in [-0.39, 0.29) is 0 Å². The second-order valence-electron chi connectivity index (χ2n) is 6.17. The molecule has 0 atom stereocenters. The van der Waals surface area contributed by atoms with Gasteiger partial charge in [-0.1, -0.05) is 12.1 Å². The van der Waals surface area contributed by atoms with Gasteiger partial charge in [0.1, 0.15) is 0 Å². The summed E-state index contributed by atoms with van der Waals surface area (Å²) in [5.41, 5.74) is 0.911. The van der Waals surface area contributed by atoms with Crippen molar-refractivity contribution in [1.82, 2.24) is 4.98 Å². The third-order valence-electron chi connectivity index (χ3n) is 4.75. The fourth-order valence-electron chi connectivity index (χ4n) is 3.47. The lowest BCUT2D eigenvalue weighted by Gasteiger charge is -2.14. The molecule has 0 unspecified atom stereocenters. The smallest absolute Gasteiger partial charge is 0.161 e. The van der Waals surface area contributed by atoms with E-state index in [1.54, 1.807) is 21.3 Å². The molecule has 0 saturated heterocycles. The normalized spacial score (nSPS) is 11.1. The van der Waals surface area contributed by atoms with Gasteiger partial charge in [0.25, 0.3) is 0 Å². The molecular formula is C22H21NO4. The van der Waals surface area contributed by atoms with Crippen molar-refractivity contribution < 1.29 is 18.9 Å². The van der Waals surface area contributed by atoms with E-state index in [2.05, 4.69) is 12.1 Å². The molecule has 0 N–H and O–H groups in total. The Labute approximate surface area is 157 Å². The number of benzene rings is 3. The van der Waals surface area contributed by atoms with Crippen LogP contribution in [0.25, 0.3) is 32.4 Å². The topological polar surface area (TPSA) is 49.8 Å². The van der Waals surface area contributed by atoms with Gasteiger partial charge in [-0.3, -0.25) is 4.98 Å². The number of pyridine rings is 1. The Morgan fingerprint density at radius 1 is 0.704 bits per heavy atom. The summed E-state index contributed by atoms with van der Waals surface area (Å²) in [6.07, 6.45) is 1.86. The molecule has 0 bridgehead atoms. The van der Waals surface area contributed by atoms with Crippen LogP contribution >= 0.6 is 0 Å². The van der Waals surface area contributed by atoms with Crippen LogP contribution in [0.1, 0.15) is 6.92 Å². The molecule has 3 aromatic carbocycles. The number of ether oxygens (including phenoxy) is 4. The molecule has 0 aliphatic rings. The minimum absolute atomic E-state index is 0.583. The van der Waals surface area contributed by atoms with Crippen LogP contribution in [0.5, 0.6) is 23.0 Å². The first-order valence-electron chi connectivity index (χ1n) is 8.78. The first-order chi connectivity index (χ1) is 13.2. The maximum absolute atomic E-state index is 5.70. The quantitative estimate of drug-likeness (QED) is 0.469. The molecule has 0 aliphatic heterocycles. The Kier molecular flexibility index (Phi) is 4.36. The third-order valence-corrected chi connectivity index (χ3v) is 4.75. The van der Waals surface area contributed by atoms with E-state index in [4.69, 9.17) is 23.9 Å². The SMILES string of the molecule is CCOc1cc2ccc3c4cc(OC)c(OC)cc4cnc3c2cc1OC. The minimum Gasteiger partial charge on any atom is -0.493 e. The van der Waals surface area contributed by atoms with E-state index in [0.717, 1.165) is 38.2 Å². The van der Waals surface area contributed by atoms with Crippen LogP contribution in [-0.4, -0.2) is 32.9 Å². The lowest BCUT2D eigenvalue weighted by Crippen LogP contribution is -1.96. The van der Waals surface area contributed by atoms with E-state index in [1.807, 2.05) is 37.4 Å². The molecule has 4 rings (SSSR count). The summed E-state index contributed by atoms with van der Waals surface area (Å²) >= 11 is 0. The highest BCUT2D eigenvalue weighted by atomic mass is 16.5. The molecule has 0 radical (unpaired) electrons. The summed E-state index contributed by atoms with van der Waals surface area (Å²) in [6, 6.07) is 12.1. The molecule has 0 spiro atoms. The predicted octanol–water partition coefficient (Wildman–Crippen LogP) is 4.97. The first kappa shape index (κ1) is 17.2. The number of hydrogen-bond acceptors (Lipinski definition) is 5. The van der Waals surface area contributed by atoms with Gasteiger partial charge in [-0.05, 0) is 42.0 Å². The van der Waals surface area contributed by atoms with Gasteiger partial charge in [0.15, 0.2) is 23.0 Å². The predicted molar refractivity (Wildman–Crippen MR) is 108 cm³/mol. The Hall–Kier alpha value is -3.21. The number of rotatable bonds is 5. The molecule has 0 aliphatic carbocycles. The van der Waals surface area contributed by atoms with Crippen LogP contribution in [0.15, 0.2) is 42.6 Å². The molecule has 138 valence electrons. The van der Waals surface area contributed by atoms with Gasteiger partial charge in [0.2, 0.25) is 0 Å². The van der Waals surface area contributed by atoms with Crippen LogP contribution in [-0.2, 0) is 0 Å². The van der Waals surface area contributed by atoms with E-state index in [9.17, 15) is 0 Å². The van der Waals surface area contributed by atoms with Crippen molar-refractivity contribution in [3.63, 3.8) is 0 Å². The first-order valence-corrected chi connectivity index (χ1v) is 8.78. The summed E-state index contributed by atoms with van der Waals surface area (Å²) in [5.74, 6) is 2.82. The van der Waals surface area contributed by atoms with Gasteiger partial charge in [0, 0.05) is 22.4 Å². The van der Waals surface area contributed by atoms with Crippen molar-refractivity contribution in [2.24, 2.45) is 0 Å². The molecule has 0 amide bonds. The largest absolute Gasteiger partial charge is 0.493 e. The summed E-state index contributed by atoms with van der Waals surface area (Å²) in [4.78, 5) is 4.73. The Morgan fingerprint density at radius 3 is 2.04 bits per heavy atom. The number of hydrogen-bond donors (Lipinski definition) is 0. The number of fused-ring (bicyclic) bond motifs is 5. The molecule has 5 nitrogen and oxygen atoms in total. The van der Waals surface area contributed by atoms with Crippen molar-refractivity contribution in [1.29, 1.82) is 0 Å². The molecule has 27 heavy (non-hydrogen) atoms. The molecule has 0 saturated carbocycles. The van der Waals surface area contributed by atoms with Gasteiger partial charge in [-0.2, -0.15) is 0 Å². The van der Waals surface area contributed by atoms with Crippen LogP contribution in [0.4, 0.5) is 0 Å². The van der Waals surface area contributed by atoms with Crippen molar-refractivity contribution in [3.05, 3.63) is 42.6 Å². The van der Waals surface area contributed by atoms with E-state index in [0.29, 0.717) is 23.9 Å². The fourth-order valence-corrected chi connectivity index (χ4v) is 3.47. The number of nitrogens with zero attached hydrogens (tertiary/aromatic N) is 1. The summed E-state index contributed by atoms with van der Waals surface area (Å²) in [7, 11) is 4.92. The fraction of sp³-hybridized carbons (Fsp3) is 0.227. The zero-order chi connectivity index (χ0) is 19.0. The average Bonchev–Trinajstić information content (AvgIpc) is 2.71. The summed E-state index contributed by atoms with van der Waals surface area (Å²) in [5, 5.41) is 5.18. The van der Waals surface area contributed by atoms with Crippen LogP contribution in [0.3, 0.4) is 0 Å². The Bertz CT molecular complexity index is 1150. The summed E-state index contributed by atoms with van der Waals surface area (Å²) in [6.45, 7) is 2.54. The monoisotopic (exact) mass is 363 g/mol. The number of methoxy groups -OCH3 is 3. The highest BCUT2D eigenvalue weighted by Gasteiger charge is 2.13. The second kappa shape index (κ2) is 6.83. The lowest BCUT2D eigenvalue weighted by molar-refractivity contribution is 0.311. The van der Waals surface area contributed by atoms with Crippen molar-refractivity contribution in [3.8, 4) is 23.0 Å². The standard InChI is InChI=1S/C22H21NO4/c1-5-27-21-8-13-6-7-15-16-10-19(25-3)18(24-2)9-14(16)12-23-22(15)17(13)11-20(21)26-4/h6-12H,5H2,1-4H3. The Balaban J connectivity index is 2.05. The zero-order valence-electron chi connectivity index (χ0n) is 15.8.